The molecule has 0 aliphatic carbocycles. The molecule has 7 nitrogen and oxygen atoms in total. The number of thiazole rings is 1. The molecular weight excluding hydrogens is 266 g/mol. The Labute approximate surface area is 114 Å². The predicted octanol–water partition coefficient (Wildman–Crippen LogP) is 0.990. The van der Waals surface area contributed by atoms with Gasteiger partial charge in [-0.2, -0.15) is 4.98 Å². The maximum Gasteiger partial charge on any atom is 0.223 e. The largest absolute Gasteiger partial charge is 0.375 e. The maximum atomic E-state index is 5.69. The molecule has 0 bridgehead atoms. The second kappa shape index (κ2) is 5.24. The Morgan fingerprint density at radius 2 is 2.47 bits per heavy atom. The van der Waals surface area contributed by atoms with Crippen LogP contribution in [-0.4, -0.2) is 39.7 Å². The molecular formula is C11H15N5O2S. The van der Waals surface area contributed by atoms with Gasteiger partial charge in [-0.15, -0.1) is 11.3 Å². The predicted molar refractivity (Wildman–Crippen MR) is 69.5 cm³/mol. The van der Waals surface area contributed by atoms with E-state index in [-0.39, 0.29) is 6.10 Å². The van der Waals surface area contributed by atoms with Crippen molar-refractivity contribution in [2.24, 2.45) is 0 Å². The highest BCUT2D eigenvalue weighted by molar-refractivity contribution is 7.15. The van der Waals surface area contributed by atoms with E-state index < -0.39 is 0 Å². The van der Waals surface area contributed by atoms with Crippen molar-refractivity contribution in [3.05, 3.63) is 22.8 Å². The molecule has 1 saturated heterocycles. The minimum Gasteiger partial charge on any atom is -0.375 e. The van der Waals surface area contributed by atoms with Crippen molar-refractivity contribution in [1.82, 2.24) is 20.0 Å². The standard InChI is InChI=1S/C11H15N5O2S/c1-7-14-10(15-18-7)9-6-16(2-3-17-9)5-8-4-13-11(12)19-8/h4,9H,2-3,5-6H2,1H3,(H2,12,13). The van der Waals surface area contributed by atoms with Crippen LogP contribution in [0.15, 0.2) is 10.7 Å². The first kappa shape index (κ1) is 12.5. The summed E-state index contributed by atoms with van der Waals surface area (Å²) in [6, 6.07) is 0. The molecule has 19 heavy (non-hydrogen) atoms. The van der Waals surface area contributed by atoms with E-state index in [1.807, 2.05) is 6.20 Å². The number of aromatic nitrogens is 3. The Bertz CT molecular complexity index is 555. The van der Waals surface area contributed by atoms with Crippen LogP contribution >= 0.6 is 11.3 Å². The van der Waals surface area contributed by atoms with E-state index in [1.54, 1.807) is 6.92 Å². The molecule has 8 heteroatoms. The number of hydrogen-bond donors (Lipinski definition) is 1. The second-order valence-electron chi connectivity index (χ2n) is 4.43. The van der Waals surface area contributed by atoms with Gasteiger partial charge in [-0.25, -0.2) is 4.98 Å². The molecule has 3 heterocycles. The van der Waals surface area contributed by atoms with Crippen molar-refractivity contribution in [1.29, 1.82) is 0 Å². The summed E-state index contributed by atoms with van der Waals surface area (Å²) >= 11 is 1.52. The smallest absolute Gasteiger partial charge is 0.223 e. The lowest BCUT2D eigenvalue weighted by Gasteiger charge is -2.30. The number of rotatable bonds is 3. The highest BCUT2D eigenvalue weighted by Gasteiger charge is 2.26. The number of hydrogen-bond acceptors (Lipinski definition) is 8. The highest BCUT2D eigenvalue weighted by Crippen LogP contribution is 2.23. The van der Waals surface area contributed by atoms with Crippen LogP contribution in [0.25, 0.3) is 0 Å². The van der Waals surface area contributed by atoms with Crippen LogP contribution in [0.4, 0.5) is 5.13 Å². The van der Waals surface area contributed by atoms with E-state index >= 15 is 0 Å². The van der Waals surface area contributed by atoms with Gasteiger partial charge in [0.25, 0.3) is 0 Å². The van der Waals surface area contributed by atoms with Crippen molar-refractivity contribution in [2.75, 3.05) is 25.4 Å². The molecule has 0 spiro atoms. The minimum atomic E-state index is -0.128. The lowest BCUT2D eigenvalue weighted by Crippen LogP contribution is -2.38. The summed E-state index contributed by atoms with van der Waals surface area (Å²) in [7, 11) is 0. The van der Waals surface area contributed by atoms with Gasteiger partial charge in [0, 0.05) is 37.6 Å². The van der Waals surface area contributed by atoms with Crippen molar-refractivity contribution in [3.63, 3.8) is 0 Å². The zero-order valence-corrected chi connectivity index (χ0v) is 11.4. The number of ether oxygens (including phenoxy) is 1. The highest BCUT2D eigenvalue weighted by atomic mass is 32.1. The summed E-state index contributed by atoms with van der Waals surface area (Å²) in [5, 5.41) is 4.52. The molecule has 2 aromatic rings. The number of morpholine rings is 1. The van der Waals surface area contributed by atoms with Crippen molar-refractivity contribution in [2.45, 2.75) is 19.6 Å². The summed E-state index contributed by atoms with van der Waals surface area (Å²) < 4.78 is 10.7. The molecule has 0 aromatic carbocycles. The van der Waals surface area contributed by atoms with E-state index in [2.05, 4.69) is 20.0 Å². The average molecular weight is 281 g/mol. The van der Waals surface area contributed by atoms with Crippen molar-refractivity contribution in [3.8, 4) is 0 Å². The summed E-state index contributed by atoms with van der Waals surface area (Å²) in [5.74, 6) is 1.18. The normalized spacial score (nSPS) is 20.8. The first-order valence-corrected chi connectivity index (χ1v) is 6.86. The molecule has 0 radical (unpaired) electrons. The second-order valence-corrected chi connectivity index (χ2v) is 5.58. The zero-order chi connectivity index (χ0) is 13.2. The third-order valence-electron chi connectivity index (χ3n) is 2.93. The molecule has 0 amide bonds. The molecule has 2 N–H and O–H groups in total. The third kappa shape index (κ3) is 2.91. The fourth-order valence-corrected chi connectivity index (χ4v) is 2.79. The Morgan fingerprint density at radius 3 is 3.16 bits per heavy atom. The fourth-order valence-electron chi connectivity index (χ4n) is 2.06. The Kier molecular flexibility index (Phi) is 3.45. The van der Waals surface area contributed by atoms with Crippen LogP contribution in [0, 0.1) is 6.92 Å². The van der Waals surface area contributed by atoms with Crippen molar-refractivity contribution >= 4 is 16.5 Å². The van der Waals surface area contributed by atoms with Gasteiger partial charge in [-0.1, -0.05) is 5.16 Å². The van der Waals surface area contributed by atoms with E-state index in [0.29, 0.717) is 23.5 Å². The summed E-state index contributed by atoms with van der Waals surface area (Å²) in [6.07, 6.45) is 1.69. The first-order chi connectivity index (χ1) is 9.20. The molecule has 3 rings (SSSR count). The Morgan fingerprint density at radius 1 is 1.58 bits per heavy atom. The summed E-state index contributed by atoms with van der Waals surface area (Å²) in [5.41, 5.74) is 5.64. The van der Waals surface area contributed by atoms with Crippen LogP contribution in [0.1, 0.15) is 22.7 Å². The molecule has 2 aromatic heterocycles. The molecule has 1 atom stereocenters. The summed E-state index contributed by atoms with van der Waals surface area (Å²) in [4.78, 5) is 11.7. The quantitative estimate of drug-likeness (QED) is 0.897. The van der Waals surface area contributed by atoms with Gasteiger partial charge >= 0.3 is 0 Å². The molecule has 1 aliphatic rings. The van der Waals surface area contributed by atoms with Crippen LogP contribution in [-0.2, 0) is 11.3 Å². The van der Waals surface area contributed by atoms with Gasteiger partial charge in [0.2, 0.25) is 11.7 Å². The van der Waals surface area contributed by atoms with E-state index in [1.165, 1.54) is 11.3 Å². The molecule has 102 valence electrons. The van der Waals surface area contributed by atoms with Crippen LogP contribution < -0.4 is 5.73 Å². The van der Waals surface area contributed by atoms with Gasteiger partial charge in [0.15, 0.2) is 5.13 Å². The Balaban J connectivity index is 1.64. The van der Waals surface area contributed by atoms with Gasteiger partial charge in [-0.3, -0.25) is 4.90 Å². The monoisotopic (exact) mass is 281 g/mol. The summed E-state index contributed by atoms with van der Waals surface area (Å²) in [6.45, 7) is 4.89. The topological polar surface area (TPSA) is 90.3 Å². The third-order valence-corrected chi connectivity index (χ3v) is 3.74. The van der Waals surface area contributed by atoms with Crippen LogP contribution in [0.3, 0.4) is 0 Å². The van der Waals surface area contributed by atoms with Crippen LogP contribution in [0.2, 0.25) is 0 Å². The number of aryl methyl sites for hydroxylation is 1. The van der Waals surface area contributed by atoms with Gasteiger partial charge in [0.05, 0.1) is 6.61 Å². The molecule has 1 fully saturated rings. The first-order valence-electron chi connectivity index (χ1n) is 6.05. The molecule has 0 saturated carbocycles. The average Bonchev–Trinajstić information content (AvgIpc) is 2.99. The van der Waals surface area contributed by atoms with Crippen molar-refractivity contribution < 1.29 is 9.26 Å². The number of nitrogens with zero attached hydrogens (tertiary/aromatic N) is 4. The number of nitrogen functional groups attached to an aromatic ring is 1. The lowest BCUT2D eigenvalue weighted by atomic mass is 10.2. The maximum absolute atomic E-state index is 5.69. The van der Waals surface area contributed by atoms with Gasteiger partial charge < -0.3 is 15.0 Å². The van der Waals surface area contributed by atoms with Gasteiger partial charge in [0.1, 0.15) is 6.10 Å². The fraction of sp³-hybridized carbons (Fsp3) is 0.545. The lowest BCUT2D eigenvalue weighted by molar-refractivity contribution is -0.0377. The van der Waals surface area contributed by atoms with E-state index in [0.717, 1.165) is 24.5 Å². The molecule has 1 aliphatic heterocycles. The number of anilines is 1. The van der Waals surface area contributed by atoms with Crippen LogP contribution in [0.5, 0.6) is 0 Å². The SMILES string of the molecule is Cc1nc(C2CN(Cc3cnc(N)s3)CCO2)no1. The van der Waals surface area contributed by atoms with E-state index in [9.17, 15) is 0 Å². The van der Waals surface area contributed by atoms with E-state index in [4.69, 9.17) is 15.0 Å². The Hall–Kier alpha value is -1.51. The minimum absolute atomic E-state index is 0.128. The zero-order valence-electron chi connectivity index (χ0n) is 10.6. The molecule has 1 unspecified atom stereocenters. The number of nitrogens with two attached hydrogens (primary N) is 1. The van der Waals surface area contributed by atoms with Gasteiger partial charge in [-0.05, 0) is 0 Å².